The standard InChI is InChI=1S/C73H136O6/c1-4-7-10-13-16-19-22-25-27-29-31-33-34-35-36-37-38-40-41-43-45-48-51-54-57-60-63-66-72(75)78-69-70(68-77-71(74)65-62-59-56-53-50-47-24-21-18-15-12-9-6-3)79-73(76)67-64-61-58-55-52-49-46-44-42-39-32-30-28-26-23-20-17-14-11-8-5-2/h22,25,29-32,70H,4-21,23-24,26-28,33-69H2,1-3H3/b25-22-,31-29-,32-30-. The lowest BCUT2D eigenvalue weighted by Crippen LogP contribution is -2.30. The molecule has 79 heavy (non-hydrogen) atoms. The average Bonchev–Trinajstić information content (AvgIpc) is 3.45. The number of ether oxygens (including phenoxy) is 3. The molecule has 0 heterocycles. The number of allylic oxidation sites excluding steroid dienone is 6. The molecule has 0 aromatic heterocycles. The molecule has 0 bridgehead atoms. The fourth-order valence-electron chi connectivity index (χ4n) is 10.8. The number of rotatable bonds is 66. The van der Waals surface area contributed by atoms with Gasteiger partial charge < -0.3 is 14.2 Å². The van der Waals surface area contributed by atoms with E-state index in [-0.39, 0.29) is 31.1 Å². The lowest BCUT2D eigenvalue weighted by atomic mass is 10.0. The Hall–Kier alpha value is -2.37. The summed E-state index contributed by atoms with van der Waals surface area (Å²) in [5, 5.41) is 0. The van der Waals surface area contributed by atoms with Gasteiger partial charge in [0.05, 0.1) is 0 Å². The van der Waals surface area contributed by atoms with Gasteiger partial charge in [-0.3, -0.25) is 14.4 Å². The highest BCUT2D eigenvalue weighted by atomic mass is 16.6. The van der Waals surface area contributed by atoms with E-state index < -0.39 is 6.10 Å². The van der Waals surface area contributed by atoms with Crippen molar-refractivity contribution in [2.45, 2.75) is 399 Å². The van der Waals surface area contributed by atoms with Crippen molar-refractivity contribution in [3.05, 3.63) is 36.5 Å². The van der Waals surface area contributed by atoms with Gasteiger partial charge in [0.1, 0.15) is 13.2 Å². The van der Waals surface area contributed by atoms with E-state index in [1.807, 2.05) is 0 Å². The minimum absolute atomic E-state index is 0.0673. The van der Waals surface area contributed by atoms with Crippen molar-refractivity contribution in [1.82, 2.24) is 0 Å². The Kier molecular flexibility index (Phi) is 66.1. The van der Waals surface area contributed by atoms with Gasteiger partial charge in [-0.1, -0.05) is 333 Å². The first-order valence-electron chi connectivity index (χ1n) is 35.5. The van der Waals surface area contributed by atoms with Gasteiger partial charge in [-0.05, 0) is 77.0 Å². The van der Waals surface area contributed by atoms with Crippen molar-refractivity contribution in [2.24, 2.45) is 0 Å². The first-order chi connectivity index (χ1) is 39.0. The van der Waals surface area contributed by atoms with E-state index in [1.165, 1.54) is 289 Å². The first-order valence-corrected chi connectivity index (χ1v) is 35.5. The molecule has 0 radical (unpaired) electrons. The highest BCUT2D eigenvalue weighted by Crippen LogP contribution is 2.18. The van der Waals surface area contributed by atoms with E-state index in [1.54, 1.807) is 0 Å². The highest BCUT2D eigenvalue weighted by molar-refractivity contribution is 5.71. The molecule has 0 spiro atoms. The van der Waals surface area contributed by atoms with E-state index in [4.69, 9.17) is 14.2 Å². The molecular formula is C73H136O6. The van der Waals surface area contributed by atoms with Gasteiger partial charge in [0.25, 0.3) is 0 Å². The van der Waals surface area contributed by atoms with Gasteiger partial charge in [-0.15, -0.1) is 0 Å². The Morgan fingerprint density at radius 3 is 0.709 bits per heavy atom. The van der Waals surface area contributed by atoms with Crippen molar-refractivity contribution in [3.63, 3.8) is 0 Å². The zero-order chi connectivity index (χ0) is 57.1. The third-order valence-electron chi connectivity index (χ3n) is 16.1. The number of hydrogen-bond acceptors (Lipinski definition) is 6. The van der Waals surface area contributed by atoms with Gasteiger partial charge in [0.2, 0.25) is 0 Å². The zero-order valence-corrected chi connectivity index (χ0v) is 53.4. The van der Waals surface area contributed by atoms with E-state index in [0.717, 1.165) is 64.2 Å². The zero-order valence-electron chi connectivity index (χ0n) is 53.4. The molecule has 6 nitrogen and oxygen atoms in total. The normalized spacial score (nSPS) is 12.2. The predicted molar refractivity (Wildman–Crippen MR) is 344 cm³/mol. The maximum absolute atomic E-state index is 12.9. The number of carbonyl (C=O) groups excluding carboxylic acids is 3. The summed E-state index contributed by atoms with van der Waals surface area (Å²) in [7, 11) is 0. The largest absolute Gasteiger partial charge is 0.462 e. The fraction of sp³-hybridized carbons (Fsp3) is 0.877. The lowest BCUT2D eigenvalue weighted by Gasteiger charge is -2.18. The van der Waals surface area contributed by atoms with Crippen LogP contribution in [-0.2, 0) is 28.6 Å². The van der Waals surface area contributed by atoms with Crippen LogP contribution in [0.15, 0.2) is 36.5 Å². The van der Waals surface area contributed by atoms with Crippen LogP contribution in [0.2, 0.25) is 0 Å². The molecule has 0 aliphatic rings. The Bertz CT molecular complexity index is 1320. The first kappa shape index (κ1) is 76.6. The molecule has 0 amide bonds. The Morgan fingerprint density at radius 2 is 0.456 bits per heavy atom. The second-order valence-electron chi connectivity index (χ2n) is 24.1. The second-order valence-corrected chi connectivity index (χ2v) is 24.1. The molecule has 0 saturated heterocycles. The van der Waals surface area contributed by atoms with Gasteiger partial charge >= 0.3 is 17.9 Å². The summed E-state index contributed by atoms with van der Waals surface area (Å²) in [6.07, 6.45) is 84.6. The van der Waals surface area contributed by atoms with Gasteiger partial charge in [0, 0.05) is 19.3 Å². The predicted octanol–water partition coefficient (Wildman–Crippen LogP) is 24.3. The SMILES string of the molecule is CCCCCCC/C=C\C/C=C\CCCCCCCCCCCCCCCCCC(=O)OCC(COC(=O)CCCCCCCCCCCCCCC)OC(=O)CCCCCCCCCCC/C=C\CCCCCCCCCC. The quantitative estimate of drug-likeness (QED) is 0.0261. The van der Waals surface area contributed by atoms with Crippen LogP contribution in [0, 0.1) is 0 Å². The summed E-state index contributed by atoms with van der Waals surface area (Å²) < 4.78 is 17.0. The van der Waals surface area contributed by atoms with E-state index >= 15 is 0 Å². The van der Waals surface area contributed by atoms with E-state index in [9.17, 15) is 14.4 Å². The van der Waals surface area contributed by atoms with Crippen LogP contribution in [0.5, 0.6) is 0 Å². The third kappa shape index (κ3) is 66.3. The lowest BCUT2D eigenvalue weighted by molar-refractivity contribution is -0.167. The molecule has 0 aromatic carbocycles. The van der Waals surface area contributed by atoms with Crippen LogP contribution in [0.25, 0.3) is 0 Å². The van der Waals surface area contributed by atoms with Crippen LogP contribution in [0.1, 0.15) is 393 Å². The minimum Gasteiger partial charge on any atom is -0.462 e. The summed E-state index contributed by atoms with van der Waals surface area (Å²) >= 11 is 0. The summed E-state index contributed by atoms with van der Waals surface area (Å²) in [6, 6.07) is 0. The minimum atomic E-state index is -0.771. The Morgan fingerprint density at radius 1 is 0.253 bits per heavy atom. The van der Waals surface area contributed by atoms with Gasteiger partial charge in [0.15, 0.2) is 6.10 Å². The molecule has 0 saturated carbocycles. The summed E-state index contributed by atoms with van der Waals surface area (Å²) in [6.45, 7) is 6.70. The van der Waals surface area contributed by atoms with Crippen LogP contribution in [0.3, 0.4) is 0 Å². The third-order valence-corrected chi connectivity index (χ3v) is 16.1. The van der Waals surface area contributed by atoms with Gasteiger partial charge in [-0.2, -0.15) is 0 Å². The molecule has 1 unspecified atom stereocenters. The monoisotopic (exact) mass is 1110 g/mol. The summed E-state index contributed by atoms with van der Waals surface area (Å²) in [5.74, 6) is -0.840. The molecule has 6 heteroatoms. The molecule has 0 rings (SSSR count). The van der Waals surface area contributed by atoms with Crippen LogP contribution in [0.4, 0.5) is 0 Å². The fourth-order valence-corrected chi connectivity index (χ4v) is 10.8. The van der Waals surface area contributed by atoms with E-state index in [2.05, 4.69) is 57.2 Å². The van der Waals surface area contributed by atoms with Crippen molar-refractivity contribution < 1.29 is 28.6 Å². The molecule has 0 N–H and O–H groups in total. The molecular weight excluding hydrogens is 973 g/mol. The van der Waals surface area contributed by atoms with Crippen molar-refractivity contribution >= 4 is 17.9 Å². The molecule has 0 aliphatic carbocycles. The maximum Gasteiger partial charge on any atom is 0.306 e. The van der Waals surface area contributed by atoms with Gasteiger partial charge in [-0.25, -0.2) is 0 Å². The molecule has 1 atom stereocenters. The van der Waals surface area contributed by atoms with Crippen molar-refractivity contribution in [1.29, 1.82) is 0 Å². The Labute approximate surface area is 493 Å². The van der Waals surface area contributed by atoms with Crippen LogP contribution < -0.4 is 0 Å². The number of hydrogen-bond donors (Lipinski definition) is 0. The molecule has 0 aromatic rings. The topological polar surface area (TPSA) is 78.9 Å². The Balaban J connectivity index is 4.22. The number of esters is 3. The molecule has 0 fully saturated rings. The summed E-state index contributed by atoms with van der Waals surface area (Å²) in [4.78, 5) is 38.4. The van der Waals surface area contributed by atoms with E-state index in [0.29, 0.717) is 19.3 Å². The second kappa shape index (κ2) is 68.1. The molecule has 464 valence electrons. The number of unbranched alkanes of at least 4 members (excludes halogenated alkanes) is 49. The maximum atomic E-state index is 12.9. The molecule has 0 aliphatic heterocycles. The summed E-state index contributed by atoms with van der Waals surface area (Å²) in [5.41, 5.74) is 0. The highest BCUT2D eigenvalue weighted by Gasteiger charge is 2.19. The smallest absolute Gasteiger partial charge is 0.306 e. The van der Waals surface area contributed by atoms with Crippen LogP contribution >= 0.6 is 0 Å². The van der Waals surface area contributed by atoms with Crippen molar-refractivity contribution in [2.75, 3.05) is 13.2 Å². The average molecular weight is 1110 g/mol. The van der Waals surface area contributed by atoms with Crippen LogP contribution in [-0.4, -0.2) is 37.2 Å². The number of carbonyl (C=O) groups is 3. The van der Waals surface area contributed by atoms with Crippen molar-refractivity contribution in [3.8, 4) is 0 Å².